The van der Waals surface area contributed by atoms with E-state index in [4.69, 9.17) is 4.55 Å². The third kappa shape index (κ3) is 2.76. The van der Waals surface area contributed by atoms with Crippen molar-refractivity contribution in [3.8, 4) is 0 Å². The summed E-state index contributed by atoms with van der Waals surface area (Å²) in [5.41, 5.74) is 1.79. The molecule has 86 valence electrons. The van der Waals surface area contributed by atoms with E-state index in [1.807, 2.05) is 0 Å². The van der Waals surface area contributed by atoms with Crippen molar-refractivity contribution in [1.29, 1.82) is 0 Å². The molecule has 1 aliphatic heterocycles. The Balaban J connectivity index is 3.02. The van der Waals surface area contributed by atoms with Crippen molar-refractivity contribution >= 4 is 16.3 Å². The fourth-order valence-electron chi connectivity index (χ4n) is 0.963. The fourth-order valence-corrected chi connectivity index (χ4v) is 1.63. The van der Waals surface area contributed by atoms with Gasteiger partial charge >= 0.3 is 10.3 Å². The maximum atomic E-state index is 12.6. The summed E-state index contributed by atoms with van der Waals surface area (Å²) >= 11 is 0. The van der Waals surface area contributed by atoms with Gasteiger partial charge in [0, 0.05) is 12.6 Å². The van der Waals surface area contributed by atoms with Gasteiger partial charge in [-0.05, 0) is 12.3 Å². The van der Waals surface area contributed by atoms with Crippen molar-refractivity contribution in [2.24, 2.45) is 5.10 Å². The van der Waals surface area contributed by atoms with E-state index in [1.54, 1.807) is 5.43 Å². The predicted octanol–water partition coefficient (Wildman–Crippen LogP) is -0.0598. The van der Waals surface area contributed by atoms with Crippen LogP contribution < -0.4 is 5.43 Å². The summed E-state index contributed by atoms with van der Waals surface area (Å²) in [5, 5.41) is 2.16. The number of halogens is 2. The van der Waals surface area contributed by atoms with Crippen LogP contribution in [0.25, 0.3) is 0 Å². The van der Waals surface area contributed by atoms with Crippen LogP contribution in [0, 0.1) is 0 Å². The highest BCUT2D eigenvalue weighted by atomic mass is 32.2. The number of nitrogens with zero attached hydrogens (tertiary/aromatic N) is 3. The minimum atomic E-state index is -4.57. The van der Waals surface area contributed by atoms with Gasteiger partial charge in [0.15, 0.2) is 0 Å². The van der Waals surface area contributed by atoms with Gasteiger partial charge in [0.25, 0.3) is 0 Å². The monoisotopic (exact) mass is 242 g/mol. The van der Waals surface area contributed by atoms with Gasteiger partial charge in [0.1, 0.15) is 5.82 Å². The van der Waals surface area contributed by atoms with Crippen LogP contribution in [-0.4, -0.2) is 35.1 Å². The van der Waals surface area contributed by atoms with Crippen molar-refractivity contribution in [3.05, 3.63) is 11.9 Å². The first-order chi connectivity index (χ1) is 6.84. The molecule has 2 N–H and O–H groups in total. The Labute approximate surface area is 84.4 Å². The summed E-state index contributed by atoms with van der Waals surface area (Å²) in [7, 11) is -4.57. The molecule has 1 rings (SSSR count). The Kier molecular flexibility index (Phi) is 3.09. The van der Waals surface area contributed by atoms with Crippen LogP contribution in [-0.2, 0) is 10.3 Å². The summed E-state index contributed by atoms with van der Waals surface area (Å²) < 4.78 is 55.8. The first kappa shape index (κ1) is 11.7. The molecule has 7 nitrogen and oxygen atoms in total. The molecule has 0 aromatic rings. The molecule has 0 radical (unpaired) electrons. The highest BCUT2D eigenvalue weighted by Crippen LogP contribution is 2.11. The lowest BCUT2D eigenvalue weighted by atomic mass is 10.5. The van der Waals surface area contributed by atoms with E-state index in [1.165, 1.54) is 6.92 Å². The largest absolute Gasteiger partial charge is 0.361 e. The molecule has 0 atom stereocenters. The summed E-state index contributed by atoms with van der Waals surface area (Å²) in [5.74, 6) is -1.71. The molecule has 1 heterocycles. The molecule has 0 saturated heterocycles. The quantitative estimate of drug-likeness (QED) is 0.535. The molecule has 15 heavy (non-hydrogen) atoms. The Morgan fingerprint density at radius 3 is 2.73 bits per heavy atom. The second kappa shape index (κ2) is 3.98. The van der Waals surface area contributed by atoms with E-state index in [0.29, 0.717) is 10.4 Å². The van der Waals surface area contributed by atoms with E-state index in [-0.39, 0.29) is 6.54 Å². The number of hydrogen-bond acceptors (Lipinski definition) is 5. The smallest absolute Gasteiger partial charge is 0.269 e. The zero-order chi connectivity index (χ0) is 11.6. The van der Waals surface area contributed by atoms with Crippen LogP contribution in [0.3, 0.4) is 0 Å². The average molecular weight is 242 g/mol. The minimum Gasteiger partial charge on any atom is -0.269 e. The average Bonchev–Trinajstić information content (AvgIpc) is 1.99. The van der Waals surface area contributed by atoms with Crippen LogP contribution in [0.15, 0.2) is 17.0 Å². The normalized spacial score (nSPS) is 16.7. The molecule has 0 fully saturated rings. The van der Waals surface area contributed by atoms with E-state index >= 15 is 0 Å². The van der Waals surface area contributed by atoms with Crippen LogP contribution in [0.5, 0.6) is 0 Å². The van der Waals surface area contributed by atoms with Gasteiger partial charge in [-0.2, -0.15) is 12.8 Å². The molecule has 0 spiro atoms. The van der Waals surface area contributed by atoms with Crippen LogP contribution in [0.4, 0.5) is 8.87 Å². The highest BCUT2D eigenvalue weighted by molar-refractivity contribution is 7.83. The molecule has 0 aliphatic carbocycles. The fraction of sp³-hybridized carbons (Fsp3) is 0.400. The predicted molar refractivity (Wildman–Crippen MR) is 46.6 cm³/mol. The number of rotatable bonds is 3. The topological polar surface area (TPSA) is 85.2 Å². The molecular weight excluding hydrogens is 234 g/mol. The SMILES string of the molecule is CCN(C1=CC(F)=NN(F)N1)S(=O)(=O)O. The van der Waals surface area contributed by atoms with Gasteiger partial charge in [0.05, 0.1) is 0 Å². The zero-order valence-electron chi connectivity index (χ0n) is 7.55. The molecule has 0 saturated carbocycles. The van der Waals surface area contributed by atoms with Crippen LogP contribution in [0.1, 0.15) is 6.92 Å². The Morgan fingerprint density at radius 1 is 1.73 bits per heavy atom. The van der Waals surface area contributed by atoms with E-state index in [2.05, 4.69) is 5.10 Å². The molecule has 10 heteroatoms. The molecule has 0 amide bonds. The van der Waals surface area contributed by atoms with Gasteiger partial charge in [-0.3, -0.25) is 4.55 Å². The number of hydrazone groups is 1. The van der Waals surface area contributed by atoms with Gasteiger partial charge in [-0.15, -0.1) is 0 Å². The number of hydrazine groups is 1. The number of allylic oxidation sites excluding steroid dienone is 1. The number of hydrogen-bond donors (Lipinski definition) is 2. The molecule has 0 unspecified atom stereocenters. The maximum absolute atomic E-state index is 12.6. The number of nitrogens with one attached hydrogen (secondary N) is 1. The van der Waals surface area contributed by atoms with Gasteiger partial charge < -0.3 is 0 Å². The summed E-state index contributed by atoms with van der Waals surface area (Å²) in [6.07, 6.45) is 0.632. The summed E-state index contributed by atoms with van der Waals surface area (Å²) in [6, 6.07) is 0. The minimum absolute atomic E-state index is 0.196. The van der Waals surface area contributed by atoms with Crippen molar-refractivity contribution < 1.29 is 21.8 Å². The first-order valence-corrected chi connectivity index (χ1v) is 5.17. The van der Waals surface area contributed by atoms with E-state index in [0.717, 1.165) is 0 Å². The van der Waals surface area contributed by atoms with Crippen LogP contribution >= 0.6 is 0 Å². The third-order valence-electron chi connectivity index (χ3n) is 1.48. The van der Waals surface area contributed by atoms with Crippen molar-refractivity contribution in [3.63, 3.8) is 0 Å². The van der Waals surface area contributed by atoms with E-state index < -0.39 is 27.4 Å². The third-order valence-corrected chi connectivity index (χ3v) is 2.49. The van der Waals surface area contributed by atoms with Crippen molar-refractivity contribution in [2.45, 2.75) is 6.92 Å². The Hall–Kier alpha value is -1.42. The molecule has 0 aromatic heterocycles. The Morgan fingerprint density at radius 2 is 2.33 bits per heavy atom. The highest BCUT2D eigenvalue weighted by Gasteiger charge is 2.24. The maximum Gasteiger partial charge on any atom is 0.361 e. The summed E-state index contributed by atoms with van der Waals surface area (Å²) in [4.78, 5) is 0. The lowest BCUT2D eigenvalue weighted by Gasteiger charge is -2.25. The lowest BCUT2D eigenvalue weighted by Crippen LogP contribution is -2.42. The molecule has 1 aliphatic rings. The van der Waals surface area contributed by atoms with Gasteiger partial charge in [-0.25, -0.2) is 9.73 Å². The lowest BCUT2D eigenvalue weighted by molar-refractivity contribution is -0.0273. The second-order valence-electron chi connectivity index (χ2n) is 2.47. The first-order valence-electron chi connectivity index (χ1n) is 3.78. The zero-order valence-corrected chi connectivity index (χ0v) is 8.37. The van der Waals surface area contributed by atoms with E-state index in [9.17, 15) is 17.3 Å². The molecule has 0 aromatic carbocycles. The standard InChI is InChI=1S/C5H8F2N4O3S/c1-2-10(15(12,13)14)5-3-4(6)8-11(7)9-5/h3,9H,2H2,1H3,(H,12,13,14). The van der Waals surface area contributed by atoms with Crippen LogP contribution in [0.2, 0.25) is 0 Å². The second-order valence-corrected chi connectivity index (χ2v) is 3.80. The van der Waals surface area contributed by atoms with Crippen molar-refractivity contribution in [1.82, 2.24) is 15.1 Å². The van der Waals surface area contributed by atoms with Gasteiger partial charge in [-0.1, -0.05) is 9.58 Å². The van der Waals surface area contributed by atoms with Gasteiger partial charge in [0.2, 0.25) is 5.97 Å². The summed E-state index contributed by atoms with van der Waals surface area (Å²) in [6.45, 7) is 1.18. The van der Waals surface area contributed by atoms with Crippen molar-refractivity contribution in [2.75, 3.05) is 6.54 Å². The Bertz CT molecular complexity index is 407. The molecular formula is C5H8F2N4O3S. The molecule has 0 bridgehead atoms.